The number of hydrogen-bond donors (Lipinski definition) is 1. The van der Waals surface area contributed by atoms with E-state index in [0.717, 1.165) is 11.1 Å². The number of carbonyl (C=O) groups excluding carboxylic acids is 1. The first-order valence-corrected chi connectivity index (χ1v) is 12.7. The summed E-state index contributed by atoms with van der Waals surface area (Å²) in [6.45, 7) is 1.96. The van der Waals surface area contributed by atoms with Crippen molar-refractivity contribution in [1.29, 1.82) is 0 Å². The first-order valence-electron chi connectivity index (χ1n) is 11.8. The number of pyridine rings is 1. The van der Waals surface area contributed by atoms with Gasteiger partial charge in [0.2, 0.25) is 5.78 Å². The van der Waals surface area contributed by atoms with Crippen molar-refractivity contribution in [3.05, 3.63) is 124 Å². The van der Waals surface area contributed by atoms with E-state index < -0.39 is 5.97 Å². The van der Waals surface area contributed by atoms with Gasteiger partial charge < -0.3 is 14.6 Å². The summed E-state index contributed by atoms with van der Waals surface area (Å²) in [6.07, 6.45) is 3.12. The number of benzene rings is 3. The number of aliphatic carboxylic acids is 1. The largest absolute Gasteiger partial charge is 0.489 e. The minimum Gasteiger partial charge on any atom is -0.489 e. The van der Waals surface area contributed by atoms with Crippen molar-refractivity contribution in [1.82, 2.24) is 4.98 Å². The van der Waals surface area contributed by atoms with Gasteiger partial charge in [-0.15, -0.1) is 11.3 Å². The summed E-state index contributed by atoms with van der Waals surface area (Å²) in [5.74, 6) is 0.408. The Morgan fingerprint density at radius 1 is 0.947 bits per heavy atom. The van der Waals surface area contributed by atoms with Crippen molar-refractivity contribution >= 4 is 40.1 Å². The van der Waals surface area contributed by atoms with Crippen LogP contribution in [0.2, 0.25) is 0 Å². The Balaban J connectivity index is 1.49. The van der Waals surface area contributed by atoms with Gasteiger partial charge in [0.25, 0.3) is 0 Å². The number of ketones is 1. The Labute approximate surface area is 223 Å². The predicted octanol–water partition coefficient (Wildman–Crippen LogP) is 7.39. The fraction of sp³-hybridized carbons (Fsp3) is 0.0645. The molecule has 7 heteroatoms. The van der Waals surface area contributed by atoms with E-state index >= 15 is 0 Å². The smallest absolute Gasteiger partial charge is 0.331 e. The molecule has 0 fully saturated rings. The molecule has 0 spiro atoms. The first kappa shape index (κ1) is 24.9. The summed E-state index contributed by atoms with van der Waals surface area (Å²) >= 11 is 1.36. The lowest BCUT2D eigenvalue weighted by Crippen LogP contribution is -2.04. The van der Waals surface area contributed by atoms with Gasteiger partial charge in [0.1, 0.15) is 23.9 Å². The van der Waals surface area contributed by atoms with Crippen molar-refractivity contribution in [2.24, 2.45) is 0 Å². The molecule has 1 N–H and O–H groups in total. The van der Waals surface area contributed by atoms with Crippen LogP contribution in [-0.2, 0) is 11.4 Å². The fourth-order valence-corrected chi connectivity index (χ4v) is 4.53. The zero-order chi connectivity index (χ0) is 26.5. The molecule has 2 heterocycles. The third kappa shape index (κ3) is 5.63. The van der Waals surface area contributed by atoms with Crippen LogP contribution in [-0.4, -0.2) is 21.8 Å². The number of fused-ring (bicyclic) bond motifs is 1. The summed E-state index contributed by atoms with van der Waals surface area (Å²) in [5, 5.41) is 11.6. The number of carbonyl (C=O) groups is 2. The third-order valence-corrected chi connectivity index (χ3v) is 6.72. The molecule has 0 saturated carbocycles. The molecule has 0 bridgehead atoms. The van der Waals surface area contributed by atoms with Gasteiger partial charge in [-0.2, -0.15) is 0 Å². The number of carboxylic acid groups (broad SMARTS) is 1. The molecular weight excluding hydrogens is 498 g/mol. The molecule has 0 aliphatic carbocycles. The molecule has 188 valence electrons. The van der Waals surface area contributed by atoms with Gasteiger partial charge in [-0.1, -0.05) is 48.5 Å². The molecule has 0 aliphatic heterocycles. The molecule has 0 unspecified atom stereocenters. The fourth-order valence-electron chi connectivity index (χ4n) is 3.85. The molecule has 5 rings (SSSR count). The molecule has 2 aromatic heterocycles. The maximum Gasteiger partial charge on any atom is 0.331 e. The predicted molar refractivity (Wildman–Crippen MR) is 148 cm³/mol. The van der Waals surface area contributed by atoms with E-state index in [9.17, 15) is 9.59 Å². The molecule has 0 saturated heterocycles. The Kier molecular flexibility index (Phi) is 7.28. The van der Waals surface area contributed by atoms with Gasteiger partial charge >= 0.3 is 5.97 Å². The van der Waals surface area contributed by atoms with E-state index in [1.807, 2.05) is 60.0 Å². The molecule has 0 atom stereocenters. The van der Waals surface area contributed by atoms with Crippen LogP contribution in [0.5, 0.6) is 17.2 Å². The number of nitrogens with zero attached hydrogens (tertiary/aromatic N) is 1. The zero-order valence-electron chi connectivity index (χ0n) is 20.5. The van der Waals surface area contributed by atoms with Crippen molar-refractivity contribution in [3.63, 3.8) is 0 Å². The summed E-state index contributed by atoms with van der Waals surface area (Å²) in [4.78, 5) is 29.6. The maximum absolute atomic E-state index is 13.3. The van der Waals surface area contributed by atoms with E-state index in [1.54, 1.807) is 36.4 Å². The molecule has 3 aromatic carbocycles. The van der Waals surface area contributed by atoms with Gasteiger partial charge in [-0.3, -0.25) is 9.78 Å². The Bertz CT molecular complexity index is 1630. The first-order chi connectivity index (χ1) is 18.5. The van der Waals surface area contributed by atoms with E-state index in [0.29, 0.717) is 45.2 Å². The second kappa shape index (κ2) is 11.1. The van der Waals surface area contributed by atoms with Crippen molar-refractivity contribution < 1.29 is 24.2 Å². The highest BCUT2D eigenvalue weighted by molar-refractivity contribution is 7.12. The molecule has 5 aromatic rings. The second-order valence-electron chi connectivity index (χ2n) is 8.56. The van der Waals surface area contributed by atoms with Crippen LogP contribution in [0.1, 0.15) is 33.3 Å². The van der Waals surface area contributed by atoms with Crippen LogP contribution in [0.25, 0.3) is 17.0 Å². The normalized spacial score (nSPS) is 11.3. The molecule has 6 nitrogen and oxygen atoms in total. The highest BCUT2D eigenvalue weighted by atomic mass is 32.1. The van der Waals surface area contributed by atoms with Crippen molar-refractivity contribution in [2.75, 3.05) is 0 Å². The minimum atomic E-state index is -0.975. The van der Waals surface area contributed by atoms with Crippen LogP contribution in [0.3, 0.4) is 0 Å². The van der Waals surface area contributed by atoms with Gasteiger partial charge in [0.15, 0.2) is 0 Å². The Morgan fingerprint density at radius 3 is 2.42 bits per heavy atom. The molecule has 0 radical (unpaired) electrons. The highest BCUT2D eigenvalue weighted by Gasteiger charge is 2.20. The van der Waals surface area contributed by atoms with Gasteiger partial charge in [-0.05, 0) is 59.8 Å². The topological polar surface area (TPSA) is 85.7 Å². The zero-order valence-corrected chi connectivity index (χ0v) is 21.3. The van der Waals surface area contributed by atoms with Crippen LogP contribution < -0.4 is 9.47 Å². The number of hydrogen-bond acceptors (Lipinski definition) is 6. The monoisotopic (exact) mass is 521 g/mol. The average molecular weight is 522 g/mol. The average Bonchev–Trinajstić information content (AvgIpc) is 3.48. The number of carboxylic acids is 1. The summed E-state index contributed by atoms with van der Waals surface area (Å²) in [6, 6.07) is 26.0. The van der Waals surface area contributed by atoms with Crippen LogP contribution in [0.15, 0.2) is 102 Å². The lowest BCUT2D eigenvalue weighted by Gasteiger charge is -2.14. The summed E-state index contributed by atoms with van der Waals surface area (Å²) in [5.41, 5.74) is 2.99. The maximum atomic E-state index is 13.3. The second-order valence-corrected chi connectivity index (χ2v) is 9.51. The standard InChI is InChI=1S/C31H23NO5S/c1-20(31(34)35)16-21-9-11-23(12-10-21)37-30-25-14-13-24(36-19-22-6-3-2-4-7-22)17-27(25)32-18-26(30)29(33)28-8-5-15-38-28/h2-18H,19H2,1H3,(H,34,35)/b20-16+. The summed E-state index contributed by atoms with van der Waals surface area (Å²) < 4.78 is 12.2. The molecule has 0 amide bonds. The van der Waals surface area contributed by atoms with E-state index in [4.69, 9.17) is 14.6 Å². The van der Waals surface area contributed by atoms with E-state index in [-0.39, 0.29) is 11.4 Å². The van der Waals surface area contributed by atoms with Crippen molar-refractivity contribution in [3.8, 4) is 17.2 Å². The van der Waals surface area contributed by atoms with Crippen LogP contribution >= 0.6 is 11.3 Å². The van der Waals surface area contributed by atoms with Gasteiger partial charge in [0.05, 0.1) is 16.0 Å². The van der Waals surface area contributed by atoms with E-state index in [1.165, 1.54) is 24.5 Å². The van der Waals surface area contributed by atoms with Crippen molar-refractivity contribution in [2.45, 2.75) is 13.5 Å². The Hall–Kier alpha value is -4.75. The number of rotatable bonds is 9. The SMILES string of the molecule is C/C(=C\c1ccc(Oc2c(C(=O)c3cccs3)cnc3cc(OCc4ccccc4)ccc23)cc1)C(=O)O. The van der Waals surface area contributed by atoms with E-state index in [2.05, 4.69) is 4.98 Å². The quantitative estimate of drug-likeness (QED) is 0.161. The number of aromatic nitrogens is 1. The lowest BCUT2D eigenvalue weighted by molar-refractivity contribution is -0.132. The van der Waals surface area contributed by atoms with Gasteiger partial charge in [0, 0.05) is 23.2 Å². The van der Waals surface area contributed by atoms with Crippen LogP contribution in [0, 0.1) is 0 Å². The number of ether oxygens (including phenoxy) is 2. The highest BCUT2D eigenvalue weighted by Crippen LogP contribution is 2.36. The number of thiophene rings is 1. The van der Waals surface area contributed by atoms with Crippen LogP contribution in [0.4, 0.5) is 0 Å². The third-order valence-electron chi connectivity index (χ3n) is 5.85. The van der Waals surface area contributed by atoms with Gasteiger partial charge in [-0.25, -0.2) is 4.79 Å². The Morgan fingerprint density at radius 2 is 1.71 bits per heavy atom. The molecular formula is C31H23NO5S. The summed E-state index contributed by atoms with van der Waals surface area (Å²) in [7, 11) is 0. The molecule has 38 heavy (non-hydrogen) atoms. The lowest BCUT2D eigenvalue weighted by atomic mass is 10.1. The minimum absolute atomic E-state index is 0.176. The molecule has 0 aliphatic rings.